The van der Waals surface area contributed by atoms with E-state index in [4.69, 9.17) is 16.3 Å². The molecule has 1 fully saturated rings. The first-order chi connectivity index (χ1) is 11.5. The van der Waals surface area contributed by atoms with Gasteiger partial charge in [-0.3, -0.25) is 4.79 Å². The van der Waals surface area contributed by atoms with Crippen molar-refractivity contribution < 1.29 is 9.53 Å². The molecule has 0 radical (unpaired) electrons. The topological polar surface area (TPSA) is 50.4 Å². The van der Waals surface area contributed by atoms with Crippen LogP contribution in [0.25, 0.3) is 0 Å². The van der Waals surface area contributed by atoms with E-state index in [1.165, 1.54) is 0 Å². The Labute approximate surface area is 150 Å². The van der Waals surface area contributed by atoms with Gasteiger partial charge in [0, 0.05) is 24.1 Å². The lowest BCUT2D eigenvalue weighted by Crippen LogP contribution is -2.48. The zero-order chi connectivity index (χ0) is 17.6. The van der Waals surface area contributed by atoms with Crippen LogP contribution in [0.3, 0.4) is 0 Å². The van der Waals surface area contributed by atoms with Gasteiger partial charge in [0.15, 0.2) is 0 Å². The molecular weight excluding hydrogens is 324 g/mol. The number of benzene rings is 1. The minimum Gasteiger partial charge on any atom is -0.384 e. The van der Waals surface area contributed by atoms with Crippen molar-refractivity contribution >= 4 is 17.5 Å². The van der Waals surface area contributed by atoms with Crippen molar-refractivity contribution in [2.24, 2.45) is 11.3 Å². The molecule has 5 heteroatoms. The van der Waals surface area contributed by atoms with Gasteiger partial charge in [0.1, 0.15) is 0 Å². The van der Waals surface area contributed by atoms with Gasteiger partial charge in [0.25, 0.3) is 0 Å². The molecule has 1 atom stereocenters. The number of carbonyl (C=O) groups is 1. The van der Waals surface area contributed by atoms with E-state index >= 15 is 0 Å². The summed E-state index contributed by atoms with van der Waals surface area (Å²) in [7, 11) is 1.73. The molecule has 4 nitrogen and oxygen atoms in total. The van der Waals surface area contributed by atoms with Crippen molar-refractivity contribution in [2.45, 2.75) is 32.6 Å². The first-order valence-corrected chi connectivity index (χ1v) is 9.08. The van der Waals surface area contributed by atoms with Crippen LogP contribution in [-0.4, -0.2) is 39.3 Å². The molecule has 1 aliphatic rings. The summed E-state index contributed by atoms with van der Waals surface area (Å²) in [6.07, 6.45) is 2.04. The molecular formula is C19H29ClN2O2. The molecule has 1 aromatic rings. The molecule has 1 aromatic carbocycles. The highest BCUT2D eigenvalue weighted by molar-refractivity contribution is 6.30. The fraction of sp³-hybridized carbons (Fsp3) is 0.632. The smallest absolute Gasteiger partial charge is 0.227 e. The monoisotopic (exact) mass is 352 g/mol. The molecule has 0 saturated carbocycles. The van der Waals surface area contributed by atoms with Crippen molar-refractivity contribution in [3.63, 3.8) is 0 Å². The summed E-state index contributed by atoms with van der Waals surface area (Å²) in [6.45, 7) is 7.42. The summed E-state index contributed by atoms with van der Waals surface area (Å²) in [5.41, 5.74) is 1.01. The van der Waals surface area contributed by atoms with Gasteiger partial charge in [-0.05, 0) is 49.5 Å². The Balaban J connectivity index is 2.07. The predicted molar refractivity (Wildman–Crippen MR) is 98.5 cm³/mol. The number of hydrogen-bond acceptors (Lipinski definition) is 3. The van der Waals surface area contributed by atoms with Gasteiger partial charge in [-0.25, -0.2) is 0 Å². The van der Waals surface area contributed by atoms with Crippen LogP contribution in [0.5, 0.6) is 0 Å². The fourth-order valence-electron chi connectivity index (χ4n) is 3.56. The summed E-state index contributed by atoms with van der Waals surface area (Å²) in [5.74, 6) is 0.0844. The van der Waals surface area contributed by atoms with Gasteiger partial charge < -0.3 is 15.4 Å². The normalized spacial score (nSPS) is 18.4. The molecule has 1 heterocycles. The number of ether oxygens (including phenoxy) is 1. The van der Waals surface area contributed by atoms with E-state index in [2.05, 4.69) is 24.5 Å². The third-order valence-electron chi connectivity index (χ3n) is 4.91. The summed E-state index contributed by atoms with van der Waals surface area (Å²) in [6, 6.07) is 7.61. The quantitative estimate of drug-likeness (QED) is 0.792. The van der Waals surface area contributed by atoms with E-state index in [0.717, 1.165) is 31.5 Å². The highest BCUT2D eigenvalue weighted by Crippen LogP contribution is 2.30. The van der Waals surface area contributed by atoms with E-state index in [1.807, 2.05) is 24.3 Å². The van der Waals surface area contributed by atoms with Crippen molar-refractivity contribution in [3.8, 4) is 0 Å². The number of methoxy groups -OCH3 is 1. The summed E-state index contributed by atoms with van der Waals surface area (Å²) in [4.78, 5) is 12.9. The third kappa shape index (κ3) is 4.95. The number of carbonyl (C=O) groups excluding carboxylic acids is 1. The van der Waals surface area contributed by atoms with Crippen molar-refractivity contribution in [1.82, 2.24) is 10.6 Å². The number of hydrogen-bond donors (Lipinski definition) is 2. The zero-order valence-electron chi connectivity index (χ0n) is 14.9. The van der Waals surface area contributed by atoms with E-state index in [1.54, 1.807) is 7.11 Å². The average molecular weight is 353 g/mol. The number of halogens is 1. The fourth-order valence-corrected chi connectivity index (χ4v) is 3.76. The van der Waals surface area contributed by atoms with Gasteiger partial charge >= 0.3 is 0 Å². The molecule has 0 spiro atoms. The summed E-state index contributed by atoms with van der Waals surface area (Å²) < 4.78 is 5.43. The maximum Gasteiger partial charge on any atom is 0.227 e. The van der Waals surface area contributed by atoms with Crippen LogP contribution >= 0.6 is 11.6 Å². The Morgan fingerprint density at radius 3 is 2.67 bits per heavy atom. The zero-order valence-corrected chi connectivity index (χ0v) is 15.7. The number of nitrogens with one attached hydrogen (secondary N) is 2. The molecule has 24 heavy (non-hydrogen) atoms. The van der Waals surface area contributed by atoms with Crippen molar-refractivity contribution in [2.75, 3.05) is 33.4 Å². The lowest BCUT2D eigenvalue weighted by atomic mass is 9.79. The first kappa shape index (κ1) is 19.2. The van der Waals surface area contributed by atoms with Crippen LogP contribution in [0.2, 0.25) is 5.02 Å². The Bertz CT molecular complexity index is 536. The highest BCUT2D eigenvalue weighted by Gasteiger charge is 2.34. The second-order valence-electron chi connectivity index (χ2n) is 7.18. The minimum atomic E-state index is -0.190. The van der Waals surface area contributed by atoms with E-state index < -0.39 is 0 Å². The summed E-state index contributed by atoms with van der Waals surface area (Å²) in [5, 5.41) is 7.23. The van der Waals surface area contributed by atoms with Gasteiger partial charge in [0.2, 0.25) is 5.91 Å². The minimum absolute atomic E-state index is 0.0333. The van der Waals surface area contributed by atoms with Crippen LogP contribution in [-0.2, 0) is 9.53 Å². The van der Waals surface area contributed by atoms with Gasteiger partial charge in [-0.15, -0.1) is 0 Å². The largest absolute Gasteiger partial charge is 0.384 e. The maximum atomic E-state index is 12.9. The van der Waals surface area contributed by atoms with Crippen molar-refractivity contribution in [3.05, 3.63) is 34.9 Å². The molecule has 0 aliphatic carbocycles. The van der Waals surface area contributed by atoms with Crippen molar-refractivity contribution in [1.29, 1.82) is 0 Å². The van der Waals surface area contributed by atoms with Crippen LogP contribution in [0.15, 0.2) is 24.3 Å². The molecule has 1 unspecified atom stereocenters. The maximum absolute atomic E-state index is 12.9. The average Bonchev–Trinajstić information content (AvgIpc) is 2.54. The molecule has 2 rings (SSSR count). The second kappa shape index (κ2) is 8.84. The number of rotatable bonds is 7. The molecule has 1 saturated heterocycles. The standard InChI is InChI=1S/C19H29ClN2O2/c1-14(2)17(15-5-4-6-16(20)11-15)18(23)22-12-19(13-24-3)7-9-21-10-8-19/h4-6,11,14,17,21H,7-10,12-13H2,1-3H3,(H,22,23). The lowest BCUT2D eigenvalue weighted by molar-refractivity contribution is -0.124. The summed E-state index contributed by atoms with van der Waals surface area (Å²) >= 11 is 6.11. The van der Waals surface area contributed by atoms with Gasteiger partial charge in [0.05, 0.1) is 12.5 Å². The molecule has 0 bridgehead atoms. The SMILES string of the molecule is COCC1(CNC(=O)C(c2cccc(Cl)c2)C(C)C)CCNCC1. The van der Waals surface area contributed by atoms with Crippen LogP contribution in [0.1, 0.15) is 38.2 Å². The first-order valence-electron chi connectivity index (χ1n) is 8.70. The Kier molecular flexibility index (Phi) is 7.08. The Hall–Kier alpha value is -1.10. The molecule has 1 amide bonds. The molecule has 2 N–H and O–H groups in total. The van der Waals surface area contributed by atoms with E-state index in [-0.39, 0.29) is 23.2 Å². The van der Waals surface area contributed by atoms with Crippen LogP contribution in [0.4, 0.5) is 0 Å². The number of amides is 1. The highest BCUT2D eigenvalue weighted by atomic mass is 35.5. The molecule has 0 aromatic heterocycles. The Morgan fingerprint density at radius 2 is 2.08 bits per heavy atom. The van der Waals surface area contributed by atoms with Gasteiger partial charge in [-0.2, -0.15) is 0 Å². The Morgan fingerprint density at radius 1 is 1.38 bits per heavy atom. The lowest BCUT2D eigenvalue weighted by Gasteiger charge is -2.37. The van der Waals surface area contributed by atoms with Gasteiger partial charge in [-0.1, -0.05) is 37.6 Å². The third-order valence-corrected chi connectivity index (χ3v) is 5.14. The van der Waals surface area contributed by atoms with E-state index in [0.29, 0.717) is 18.2 Å². The number of piperidine rings is 1. The predicted octanol–water partition coefficient (Wildman–Crippen LogP) is 3.21. The van der Waals surface area contributed by atoms with E-state index in [9.17, 15) is 4.79 Å². The van der Waals surface area contributed by atoms with Crippen LogP contribution in [0, 0.1) is 11.3 Å². The molecule has 134 valence electrons. The molecule has 1 aliphatic heterocycles. The second-order valence-corrected chi connectivity index (χ2v) is 7.61. The van der Waals surface area contributed by atoms with Crippen LogP contribution < -0.4 is 10.6 Å².